The summed E-state index contributed by atoms with van der Waals surface area (Å²) in [6.45, 7) is 2.32. The molecule has 1 aliphatic carbocycles. The Kier molecular flexibility index (Phi) is 5.74. The van der Waals surface area contributed by atoms with Crippen LogP contribution in [0.15, 0.2) is 53.4 Å². The molecule has 2 aliphatic rings. The molecule has 1 atom stereocenters. The van der Waals surface area contributed by atoms with Crippen LogP contribution >= 0.6 is 0 Å². The van der Waals surface area contributed by atoms with Crippen LogP contribution in [0.4, 0.5) is 0 Å². The molecule has 4 rings (SSSR count). The first-order chi connectivity index (χ1) is 13.9. The van der Waals surface area contributed by atoms with Crippen molar-refractivity contribution < 1.29 is 13.2 Å². The fourth-order valence-corrected chi connectivity index (χ4v) is 6.11. The van der Waals surface area contributed by atoms with Gasteiger partial charge in [0.05, 0.1) is 10.9 Å². The first-order valence-corrected chi connectivity index (χ1v) is 11.8. The average Bonchev–Trinajstić information content (AvgIpc) is 3.21. The van der Waals surface area contributed by atoms with Crippen LogP contribution in [0.2, 0.25) is 0 Å². The van der Waals surface area contributed by atoms with Crippen LogP contribution in [0.3, 0.4) is 0 Å². The molecule has 154 valence electrons. The van der Waals surface area contributed by atoms with Gasteiger partial charge in [0.2, 0.25) is 15.9 Å². The summed E-state index contributed by atoms with van der Waals surface area (Å²) < 4.78 is 28.4. The van der Waals surface area contributed by atoms with Crippen LogP contribution < -0.4 is 5.32 Å². The zero-order valence-corrected chi connectivity index (χ0v) is 17.6. The lowest BCUT2D eigenvalue weighted by atomic mass is 9.92. The molecule has 5 nitrogen and oxygen atoms in total. The van der Waals surface area contributed by atoms with E-state index in [1.54, 1.807) is 12.1 Å². The molecule has 0 spiro atoms. The predicted molar refractivity (Wildman–Crippen MR) is 113 cm³/mol. The van der Waals surface area contributed by atoms with Crippen molar-refractivity contribution in [2.24, 2.45) is 0 Å². The van der Waals surface area contributed by atoms with E-state index in [4.69, 9.17) is 0 Å². The van der Waals surface area contributed by atoms with Gasteiger partial charge in [-0.05, 0) is 49.4 Å². The topological polar surface area (TPSA) is 66.5 Å². The molecule has 0 radical (unpaired) electrons. The maximum Gasteiger partial charge on any atom is 0.243 e. The minimum atomic E-state index is -3.69. The number of fused-ring (bicyclic) bond motifs is 1. The zero-order chi connectivity index (χ0) is 20.4. The molecule has 1 N–H and O–H groups in total. The number of amides is 1. The van der Waals surface area contributed by atoms with Gasteiger partial charge in [-0.25, -0.2) is 8.42 Å². The summed E-state index contributed by atoms with van der Waals surface area (Å²) in [7, 11) is -3.69. The monoisotopic (exact) mass is 412 g/mol. The van der Waals surface area contributed by atoms with Gasteiger partial charge < -0.3 is 5.32 Å². The third-order valence-corrected chi connectivity index (χ3v) is 8.01. The van der Waals surface area contributed by atoms with Gasteiger partial charge in [0.15, 0.2) is 0 Å². The van der Waals surface area contributed by atoms with Crippen molar-refractivity contribution in [3.63, 3.8) is 0 Å². The van der Waals surface area contributed by atoms with E-state index < -0.39 is 16.1 Å². The van der Waals surface area contributed by atoms with Gasteiger partial charge in [0, 0.05) is 19.0 Å². The maximum absolute atomic E-state index is 13.4. The maximum atomic E-state index is 13.4. The molecule has 1 unspecified atom stereocenters. The highest BCUT2D eigenvalue weighted by atomic mass is 32.2. The lowest BCUT2D eigenvalue weighted by molar-refractivity contribution is -0.122. The van der Waals surface area contributed by atoms with Crippen molar-refractivity contribution in [2.45, 2.75) is 62.4 Å². The minimum Gasteiger partial charge on any atom is -0.353 e. The van der Waals surface area contributed by atoms with Crippen molar-refractivity contribution in [1.82, 2.24) is 9.62 Å². The molecule has 1 heterocycles. The Hall–Kier alpha value is -2.18. The molecule has 29 heavy (non-hydrogen) atoms. The summed E-state index contributed by atoms with van der Waals surface area (Å²) in [6.07, 6.45) is 5.12. The lowest BCUT2D eigenvalue weighted by Gasteiger charge is -2.36. The van der Waals surface area contributed by atoms with Crippen molar-refractivity contribution in [3.05, 3.63) is 65.2 Å². The van der Waals surface area contributed by atoms with Crippen LogP contribution in [-0.2, 0) is 21.2 Å². The van der Waals surface area contributed by atoms with E-state index in [-0.39, 0.29) is 23.3 Å². The standard InChI is InChI=1S/C23H28N2O3S/c1-17-10-12-20(13-11-17)29(27,28)25-15-14-18-6-2-5-9-21(18)22(25)16-23(26)24-19-7-3-4-8-19/h2,5-6,9-13,19,22H,3-4,7-8,14-16H2,1H3,(H,24,26). The van der Waals surface area contributed by atoms with E-state index in [1.807, 2.05) is 43.3 Å². The quantitative estimate of drug-likeness (QED) is 0.814. The van der Waals surface area contributed by atoms with Crippen molar-refractivity contribution in [2.75, 3.05) is 6.54 Å². The summed E-state index contributed by atoms with van der Waals surface area (Å²) in [5.41, 5.74) is 3.08. The van der Waals surface area contributed by atoms with Crippen LogP contribution in [0.5, 0.6) is 0 Å². The van der Waals surface area contributed by atoms with E-state index in [2.05, 4.69) is 5.32 Å². The molecular weight excluding hydrogens is 384 g/mol. The number of carbonyl (C=O) groups is 1. The molecule has 1 amide bonds. The Morgan fingerprint density at radius 1 is 1.07 bits per heavy atom. The van der Waals surface area contributed by atoms with Crippen molar-refractivity contribution in [1.29, 1.82) is 0 Å². The Morgan fingerprint density at radius 2 is 1.76 bits per heavy atom. The molecule has 1 fully saturated rings. The SMILES string of the molecule is Cc1ccc(S(=O)(=O)N2CCc3ccccc3C2CC(=O)NC2CCCC2)cc1. The predicted octanol–water partition coefficient (Wildman–Crippen LogP) is 3.73. The number of carbonyl (C=O) groups excluding carboxylic acids is 1. The van der Waals surface area contributed by atoms with E-state index in [0.717, 1.165) is 42.4 Å². The van der Waals surface area contributed by atoms with Crippen LogP contribution in [0.1, 0.15) is 54.8 Å². The molecular formula is C23H28N2O3S. The summed E-state index contributed by atoms with van der Waals surface area (Å²) in [5, 5.41) is 3.12. The van der Waals surface area contributed by atoms with Gasteiger partial charge in [0.25, 0.3) is 0 Å². The first kappa shape index (κ1) is 20.1. The first-order valence-electron chi connectivity index (χ1n) is 10.4. The van der Waals surface area contributed by atoms with E-state index in [0.29, 0.717) is 13.0 Å². The Labute approximate surface area is 173 Å². The van der Waals surface area contributed by atoms with E-state index >= 15 is 0 Å². The molecule has 2 aromatic rings. The fraction of sp³-hybridized carbons (Fsp3) is 0.435. The van der Waals surface area contributed by atoms with Gasteiger partial charge in [0.1, 0.15) is 0 Å². The Bertz CT molecular complexity index is 979. The number of sulfonamides is 1. The van der Waals surface area contributed by atoms with Gasteiger partial charge in [-0.3, -0.25) is 4.79 Å². The Morgan fingerprint density at radius 3 is 2.48 bits per heavy atom. The number of aryl methyl sites for hydroxylation is 1. The van der Waals surface area contributed by atoms with Crippen LogP contribution in [-0.4, -0.2) is 31.2 Å². The number of hydrogen-bond donors (Lipinski definition) is 1. The molecule has 2 aromatic carbocycles. The molecule has 1 saturated carbocycles. The normalized spacial score (nSPS) is 20.4. The average molecular weight is 413 g/mol. The number of benzene rings is 2. The lowest BCUT2D eigenvalue weighted by Crippen LogP contribution is -2.43. The Balaban J connectivity index is 1.64. The minimum absolute atomic E-state index is 0.0669. The number of nitrogens with zero attached hydrogens (tertiary/aromatic N) is 1. The third kappa shape index (κ3) is 4.23. The van der Waals surface area contributed by atoms with Crippen molar-refractivity contribution in [3.8, 4) is 0 Å². The second-order valence-electron chi connectivity index (χ2n) is 8.15. The summed E-state index contributed by atoms with van der Waals surface area (Å²) in [6, 6.07) is 14.6. The smallest absolute Gasteiger partial charge is 0.243 e. The largest absolute Gasteiger partial charge is 0.353 e. The summed E-state index contributed by atoms with van der Waals surface area (Å²) in [4.78, 5) is 13.1. The highest BCUT2D eigenvalue weighted by Crippen LogP contribution is 2.36. The molecule has 6 heteroatoms. The molecule has 0 saturated heterocycles. The second kappa shape index (κ2) is 8.28. The molecule has 0 bridgehead atoms. The molecule has 0 aromatic heterocycles. The van der Waals surface area contributed by atoms with E-state index in [1.165, 1.54) is 4.31 Å². The van der Waals surface area contributed by atoms with E-state index in [9.17, 15) is 13.2 Å². The van der Waals surface area contributed by atoms with Gasteiger partial charge in [-0.15, -0.1) is 0 Å². The zero-order valence-electron chi connectivity index (χ0n) is 16.8. The van der Waals surface area contributed by atoms with Crippen LogP contribution in [0.25, 0.3) is 0 Å². The van der Waals surface area contributed by atoms with Crippen LogP contribution in [0, 0.1) is 6.92 Å². The second-order valence-corrected chi connectivity index (χ2v) is 10.0. The van der Waals surface area contributed by atoms with Crippen molar-refractivity contribution >= 4 is 15.9 Å². The fourth-order valence-electron chi connectivity index (χ4n) is 4.51. The number of rotatable bonds is 5. The number of hydrogen-bond acceptors (Lipinski definition) is 3. The van der Waals surface area contributed by atoms with Gasteiger partial charge in [-0.2, -0.15) is 4.31 Å². The third-order valence-electron chi connectivity index (χ3n) is 6.09. The van der Waals surface area contributed by atoms with Gasteiger partial charge >= 0.3 is 0 Å². The number of nitrogens with one attached hydrogen (secondary N) is 1. The summed E-state index contributed by atoms with van der Waals surface area (Å²) in [5.74, 6) is -0.0669. The molecule has 1 aliphatic heterocycles. The highest BCUT2D eigenvalue weighted by Gasteiger charge is 2.37. The van der Waals surface area contributed by atoms with Gasteiger partial charge in [-0.1, -0.05) is 54.8 Å². The highest BCUT2D eigenvalue weighted by molar-refractivity contribution is 7.89. The summed E-state index contributed by atoms with van der Waals surface area (Å²) >= 11 is 0.